The lowest BCUT2D eigenvalue weighted by molar-refractivity contribution is 0.702. The molecule has 2 aromatic heterocycles. The zero-order valence-corrected chi connectivity index (χ0v) is 14.2. The predicted molar refractivity (Wildman–Crippen MR) is 85.0 cm³/mol. The first-order chi connectivity index (χ1) is 7.75. The smallest absolute Gasteiger partial charge is 0.163 e. The lowest BCUT2D eigenvalue weighted by Gasteiger charge is -2.38. The Labute approximate surface area is 118 Å². The monoisotopic (exact) mass is 358 g/mol. The highest BCUT2D eigenvalue weighted by atomic mass is 127. The summed E-state index contributed by atoms with van der Waals surface area (Å²) < 4.78 is 3.72. The second-order valence-electron chi connectivity index (χ2n) is 6.02. The summed E-state index contributed by atoms with van der Waals surface area (Å²) in [4.78, 5) is 4.57. The molecular formula is C13H19IN2Si. The molecule has 0 radical (unpaired) electrons. The normalized spacial score (nSPS) is 13.3. The fourth-order valence-electron chi connectivity index (χ4n) is 1.82. The van der Waals surface area contributed by atoms with Gasteiger partial charge in [-0.25, -0.2) is 4.98 Å². The molecule has 0 fully saturated rings. The fourth-order valence-corrected chi connectivity index (χ4v) is 4.28. The maximum Gasteiger partial charge on any atom is 0.163 e. The lowest BCUT2D eigenvalue weighted by Crippen LogP contribution is -2.45. The van der Waals surface area contributed by atoms with Crippen molar-refractivity contribution in [3.05, 3.63) is 28.1 Å². The second-order valence-corrected chi connectivity index (χ2v) is 12.3. The number of nitrogens with zero attached hydrogens (tertiary/aromatic N) is 2. The van der Waals surface area contributed by atoms with Gasteiger partial charge in [-0.15, -0.1) is 0 Å². The molecule has 0 N–H and O–H groups in total. The Kier molecular flexibility index (Phi) is 3.14. The maximum atomic E-state index is 4.57. The molecule has 0 atom stereocenters. The quantitative estimate of drug-likeness (QED) is 0.542. The summed E-state index contributed by atoms with van der Waals surface area (Å²) in [5, 5.41) is 1.60. The number of hydrogen-bond donors (Lipinski definition) is 0. The van der Waals surface area contributed by atoms with Crippen LogP contribution in [0.1, 0.15) is 20.8 Å². The number of fused-ring (bicyclic) bond motifs is 1. The molecule has 0 aliphatic carbocycles. The Hall–Kier alpha value is -0.363. The van der Waals surface area contributed by atoms with Crippen LogP contribution in [-0.2, 0) is 0 Å². The van der Waals surface area contributed by atoms with Crippen LogP contribution in [0, 0.1) is 3.57 Å². The molecule has 0 saturated heterocycles. The average Bonchev–Trinajstić information content (AvgIpc) is 2.61. The van der Waals surface area contributed by atoms with Crippen molar-refractivity contribution >= 4 is 41.9 Å². The van der Waals surface area contributed by atoms with Crippen molar-refractivity contribution in [2.45, 2.75) is 38.9 Å². The second kappa shape index (κ2) is 4.09. The van der Waals surface area contributed by atoms with Gasteiger partial charge >= 0.3 is 0 Å². The highest BCUT2D eigenvalue weighted by molar-refractivity contribution is 14.1. The number of hydrogen-bond acceptors (Lipinski definition) is 1. The molecule has 0 unspecified atom stereocenters. The van der Waals surface area contributed by atoms with Gasteiger partial charge in [-0.3, -0.25) is 0 Å². The van der Waals surface area contributed by atoms with Crippen LogP contribution in [-0.4, -0.2) is 17.5 Å². The molecule has 0 amide bonds. The van der Waals surface area contributed by atoms with Gasteiger partial charge in [0.2, 0.25) is 0 Å². The first kappa shape index (κ1) is 13.1. The molecule has 2 rings (SSSR count). The van der Waals surface area contributed by atoms with Crippen LogP contribution in [0.5, 0.6) is 0 Å². The first-order valence-corrected chi connectivity index (χ1v) is 9.90. The molecule has 17 heavy (non-hydrogen) atoms. The van der Waals surface area contributed by atoms with E-state index in [4.69, 9.17) is 0 Å². The summed E-state index contributed by atoms with van der Waals surface area (Å²) in [5.74, 6) is 0. The molecule has 0 bridgehead atoms. The summed E-state index contributed by atoms with van der Waals surface area (Å²) in [7, 11) is -1.57. The number of pyridine rings is 1. The van der Waals surface area contributed by atoms with Crippen LogP contribution in [0.25, 0.3) is 11.0 Å². The van der Waals surface area contributed by atoms with E-state index in [0.717, 1.165) is 5.65 Å². The molecule has 0 spiro atoms. The van der Waals surface area contributed by atoms with Gasteiger partial charge in [0.1, 0.15) is 5.65 Å². The molecule has 0 aliphatic rings. The fraction of sp³-hybridized carbons (Fsp3) is 0.462. The first-order valence-electron chi connectivity index (χ1n) is 5.87. The third kappa shape index (κ3) is 2.05. The highest BCUT2D eigenvalue weighted by Gasteiger charge is 2.38. The van der Waals surface area contributed by atoms with Crippen molar-refractivity contribution in [2.75, 3.05) is 0 Å². The van der Waals surface area contributed by atoms with E-state index in [1.54, 1.807) is 0 Å². The molecular weight excluding hydrogens is 339 g/mol. The highest BCUT2D eigenvalue weighted by Crippen LogP contribution is 2.38. The van der Waals surface area contributed by atoms with E-state index in [1.165, 1.54) is 8.96 Å². The van der Waals surface area contributed by atoms with E-state index in [2.05, 4.69) is 84.0 Å². The zero-order chi connectivity index (χ0) is 12.8. The molecule has 0 saturated carbocycles. The maximum absolute atomic E-state index is 4.57. The molecule has 0 aromatic carbocycles. The average molecular weight is 358 g/mol. The Bertz CT molecular complexity index is 552. The van der Waals surface area contributed by atoms with E-state index in [-0.39, 0.29) is 0 Å². The van der Waals surface area contributed by atoms with E-state index < -0.39 is 8.24 Å². The third-order valence-corrected chi connectivity index (χ3v) is 10.1. The molecule has 2 nitrogen and oxygen atoms in total. The van der Waals surface area contributed by atoms with E-state index in [0.29, 0.717) is 5.04 Å². The van der Waals surface area contributed by atoms with Crippen LogP contribution in [0.4, 0.5) is 0 Å². The summed E-state index contributed by atoms with van der Waals surface area (Å²) in [6.45, 7) is 11.8. The zero-order valence-electron chi connectivity index (χ0n) is 11.1. The van der Waals surface area contributed by atoms with Crippen LogP contribution in [0.15, 0.2) is 24.5 Å². The van der Waals surface area contributed by atoms with Gasteiger partial charge in [-0.1, -0.05) is 33.9 Å². The Morgan fingerprint density at radius 2 is 1.88 bits per heavy atom. The molecule has 0 aliphatic heterocycles. The summed E-state index contributed by atoms with van der Waals surface area (Å²) >= 11 is 2.38. The van der Waals surface area contributed by atoms with Crippen molar-refractivity contribution in [1.29, 1.82) is 0 Å². The Balaban J connectivity index is 2.69. The topological polar surface area (TPSA) is 17.8 Å². The Morgan fingerprint density at radius 1 is 1.24 bits per heavy atom. The molecule has 4 heteroatoms. The van der Waals surface area contributed by atoms with Crippen molar-refractivity contribution in [3.63, 3.8) is 0 Å². The Morgan fingerprint density at radius 3 is 2.47 bits per heavy atom. The molecule has 92 valence electrons. The van der Waals surface area contributed by atoms with Crippen LogP contribution in [0.3, 0.4) is 0 Å². The summed E-state index contributed by atoms with van der Waals surface area (Å²) in [5.41, 5.74) is 1.14. The van der Waals surface area contributed by atoms with E-state index in [1.807, 2.05) is 6.20 Å². The number of halogens is 1. The largest absolute Gasteiger partial charge is 0.359 e. The lowest BCUT2D eigenvalue weighted by atomic mass is 10.2. The molecule has 2 heterocycles. The third-order valence-electron chi connectivity index (χ3n) is 3.97. The van der Waals surface area contributed by atoms with Crippen LogP contribution >= 0.6 is 22.6 Å². The van der Waals surface area contributed by atoms with Gasteiger partial charge in [0.05, 0.1) is 0 Å². The van der Waals surface area contributed by atoms with E-state index in [9.17, 15) is 0 Å². The standard InChI is InChI=1S/C13H19IN2Si/c1-13(2,3)17(4,5)16-9-7-10-11(14)6-8-15-12(10)16/h6-9H,1-5H3. The number of aromatic nitrogens is 2. The summed E-state index contributed by atoms with van der Waals surface area (Å²) in [6.07, 6.45) is 4.13. The van der Waals surface area contributed by atoms with Crippen molar-refractivity contribution < 1.29 is 0 Å². The van der Waals surface area contributed by atoms with Gasteiger partial charge in [-0.2, -0.15) is 0 Å². The number of rotatable bonds is 1. The minimum absolute atomic E-state index is 0.321. The van der Waals surface area contributed by atoms with Crippen molar-refractivity contribution in [1.82, 2.24) is 9.22 Å². The van der Waals surface area contributed by atoms with Gasteiger partial charge < -0.3 is 4.23 Å². The van der Waals surface area contributed by atoms with Gasteiger partial charge in [0, 0.05) is 15.2 Å². The SMILES string of the molecule is CC(C)(C)[Si](C)(C)n1ccc2c(I)ccnc21. The summed E-state index contributed by atoms with van der Waals surface area (Å²) in [6, 6.07) is 4.27. The van der Waals surface area contributed by atoms with E-state index >= 15 is 0 Å². The van der Waals surface area contributed by atoms with Gasteiger partial charge in [-0.05, 0) is 46.0 Å². The molecule has 2 aromatic rings. The van der Waals surface area contributed by atoms with Crippen LogP contribution < -0.4 is 0 Å². The van der Waals surface area contributed by atoms with Crippen molar-refractivity contribution in [3.8, 4) is 0 Å². The predicted octanol–water partition coefficient (Wildman–Crippen LogP) is 4.49. The minimum atomic E-state index is -1.57. The van der Waals surface area contributed by atoms with Gasteiger partial charge in [0.15, 0.2) is 8.24 Å². The van der Waals surface area contributed by atoms with Crippen molar-refractivity contribution in [2.24, 2.45) is 0 Å². The minimum Gasteiger partial charge on any atom is -0.359 e. The van der Waals surface area contributed by atoms with Gasteiger partial charge in [0.25, 0.3) is 0 Å². The van der Waals surface area contributed by atoms with Crippen LogP contribution in [0.2, 0.25) is 18.1 Å².